The molecular weight excluding hydrogens is 312 g/mol. The largest absolute Gasteiger partial charge is 0.490 e. The second-order valence-electron chi connectivity index (χ2n) is 4.29. The predicted molar refractivity (Wildman–Crippen MR) is 87.2 cm³/mol. The van der Waals surface area contributed by atoms with Crippen LogP contribution >= 0.6 is 11.8 Å². The van der Waals surface area contributed by atoms with Gasteiger partial charge in [-0.15, -0.1) is 0 Å². The van der Waals surface area contributed by atoms with E-state index in [-0.39, 0.29) is 19.0 Å². The van der Waals surface area contributed by atoms with E-state index in [0.29, 0.717) is 23.7 Å². The Hall–Kier alpha value is -0.960. The Morgan fingerprint density at radius 2 is 2.05 bits per heavy atom. The summed E-state index contributed by atoms with van der Waals surface area (Å²) >= 11 is 1.61. The normalized spacial score (nSPS) is 11.5. The summed E-state index contributed by atoms with van der Waals surface area (Å²) in [5, 5.41) is 8.61. The maximum Gasteiger partial charge on any atom is 0.214 e. The summed E-state index contributed by atoms with van der Waals surface area (Å²) in [4.78, 5) is 0. The highest BCUT2D eigenvalue weighted by Gasteiger charge is 2.10. The molecule has 0 bridgehead atoms. The minimum absolute atomic E-state index is 0.0567. The lowest BCUT2D eigenvalue weighted by molar-refractivity contribution is 0.296. The van der Waals surface area contributed by atoms with Gasteiger partial charge in [-0.2, -0.15) is 11.8 Å². The number of hydrogen-bond donors (Lipinski definition) is 3. The van der Waals surface area contributed by atoms with Gasteiger partial charge in [-0.3, -0.25) is 0 Å². The van der Waals surface area contributed by atoms with E-state index in [9.17, 15) is 8.42 Å². The maximum atomic E-state index is 11.7. The molecule has 0 fully saturated rings. The Balaban J connectivity index is 2.19. The van der Waals surface area contributed by atoms with Gasteiger partial charge in [0.25, 0.3) is 0 Å². The minimum Gasteiger partial charge on any atom is -0.490 e. The lowest BCUT2D eigenvalue weighted by Crippen LogP contribution is -2.30. The highest BCUT2D eigenvalue weighted by Crippen LogP contribution is 2.19. The molecule has 1 rings (SSSR count). The van der Waals surface area contributed by atoms with Crippen molar-refractivity contribution in [2.24, 2.45) is 0 Å². The van der Waals surface area contributed by atoms with Gasteiger partial charge in [0.05, 0.1) is 11.4 Å². The number of benzene rings is 1. The van der Waals surface area contributed by atoms with Gasteiger partial charge in [0.2, 0.25) is 10.0 Å². The van der Waals surface area contributed by atoms with Crippen molar-refractivity contribution in [3.05, 3.63) is 24.3 Å². The summed E-state index contributed by atoms with van der Waals surface area (Å²) in [5.74, 6) is 1.90. The first-order valence-electron chi connectivity index (χ1n) is 6.68. The number of nitrogens with one attached hydrogen (secondary N) is 1. The molecule has 21 heavy (non-hydrogen) atoms. The number of nitrogens with two attached hydrogens (primary N) is 1. The van der Waals surface area contributed by atoms with Crippen molar-refractivity contribution in [3.63, 3.8) is 0 Å². The first-order chi connectivity index (χ1) is 10.0. The van der Waals surface area contributed by atoms with Gasteiger partial charge < -0.3 is 15.6 Å². The molecule has 0 aliphatic rings. The number of aliphatic hydroxyl groups is 1. The van der Waals surface area contributed by atoms with Gasteiger partial charge in [0.15, 0.2) is 0 Å². The topological polar surface area (TPSA) is 102 Å². The molecular formula is C13H22N2O4S2. The zero-order chi connectivity index (χ0) is 15.6. The fourth-order valence-electron chi connectivity index (χ4n) is 1.48. The number of hydrogen-bond acceptors (Lipinski definition) is 6. The lowest BCUT2D eigenvalue weighted by atomic mass is 10.3. The van der Waals surface area contributed by atoms with Gasteiger partial charge in [-0.25, -0.2) is 13.1 Å². The Morgan fingerprint density at radius 3 is 2.76 bits per heavy atom. The molecule has 1 aromatic rings. The maximum absolute atomic E-state index is 11.7. The molecule has 6 nitrogen and oxygen atoms in total. The van der Waals surface area contributed by atoms with Gasteiger partial charge >= 0.3 is 0 Å². The molecule has 0 saturated carbocycles. The summed E-state index contributed by atoms with van der Waals surface area (Å²) in [6.07, 6.45) is 0.726. The van der Waals surface area contributed by atoms with Gasteiger partial charge in [0, 0.05) is 18.9 Å². The molecule has 0 heterocycles. The Kier molecular flexibility index (Phi) is 8.51. The molecule has 0 atom stereocenters. The van der Waals surface area contributed by atoms with Crippen LogP contribution in [0.2, 0.25) is 0 Å². The average Bonchev–Trinajstić information content (AvgIpc) is 2.45. The van der Waals surface area contributed by atoms with Crippen molar-refractivity contribution in [2.75, 3.05) is 42.8 Å². The molecule has 8 heteroatoms. The van der Waals surface area contributed by atoms with Crippen molar-refractivity contribution < 1.29 is 18.3 Å². The summed E-state index contributed by atoms with van der Waals surface area (Å²) in [7, 11) is -3.34. The van der Waals surface area contributed by atoms with E-state index < -0.39 is 10.0 Å². The number of para-hydroxylation sites is 2. The monoisotopic (exact) mass is 334 g/mol. The second-order valence-corrected chi connectivity index (χ2v) is 7.44. The molecule has 0 spiro atoms. The summed E-state index contributed by atoms with van der Waals surface area (Å²) in [5.41, 5.74) is 6.19. The van der Waals surface area contributed by atoms with E-state index in [0.717, 1.165) is 12.2 Å². The van der Waals surface area contributed by atoms with Crippen LogP contribution in [0.5, 0.6) is 5.75 Å². The molecule has 120 valence electrons. The van der Waals surface area contributed by atoms with E-state index in [1.54, 1.807) is 36.0 Å². The highest BCUT2D eigenvalue weighted by atomic mass is 32.2. The third-order valence-corrected chi connectivity index (χ3v) is 4.96. The van der Waals surface area contributed by atoms with E-state index in [1.807, 2.05) is 0 Å². The zero-order valence-electron chi connectivity index (χ0n) is 11.8. The molecule has 0 radical (unpaired) electrons. The summed E-state index contributed by atoms with van der Waals surface area (Å²) in [6.45, 7) is 0.603. The van der Waals surface area contributed by atoms with E-state index >= 15 is 0 Å². The first kappa shape index (κ1) is 18.1. The first-order valence-corrected chi connectivity index (χ1v) is 9.49. The molecule has 0 aliphatic heterocycles. The number of thioether (sulfide) groups is 1. The number of nitrogen functional groups attached to an aromatic ring is 1. The van der Waals surface area contributed by atoms with E-state index in [4.69, 9.17) is 15.6 Å². The minimum atomic E-state index is -3.34. The number of rotatable bonds is 11. The Labute approximate surface area is 130 Å². The molecule has 0 saturated heterocycles. The molecule has 0 unspecified atom stereocenters. The summed E-state index contributed by atoms with van der Waals surface area (Å²) < 4.78 is 31.3. The number of anilines is 1. The zero-order valence-corrected chi connectivity index (χ0v) is 13.5. The van der Waals surface area contributed by atoms with Crippen molar-refractivity contribution in [1.82, 2.24) is 4.72 Å². The van der Waals surface area contributed by atoms with Crippen LogP contribution in [-0.4, -0.2) is 50.5 Å². The second kappa shape index (κ2) is 9.88. The van der Waals surface area contributed by atoms with Crippen LogP contribution in [0.3, 0.4) is 0 Å². The smallest absolute Gasteiger partial charge is 0.214 e. The molecule has 0 amide bonds. The van der Waals surface area contributed by atoms with Crippen LogP contribution in [0.15, 0.2) is 24.3 Å². The third kappa shape index (κ3) is 8.15. The molecule has 0 aliphatic carbocycles. The van der Waals surface area contributed by atoms with Crippen molar-refractivity contribution >= 4 is 27.5 Å². The number of aliphatic hydroxyl groups excluding tert-OH is 1. The number of ether oxygens (including phenoxy) is 1. The average molecular weight is 334 g/mol. The molecule has 4 N–H and O–H groups in total. The standard InChI is InChI=1S/C13H22N2O4S2/c14-12-4-1-2-5-13(12)19-8-11-21(17,18)15-6-10-20-9-3-7-16/h1-2,4-5,15-16H,3,6-11,14H2. The van der Waals surface area contributed by atoms with Crippen LogP contribution in [-0.2, 0) is 10.0 Å². The fraction of sp³-hybridized carbons (Fsp3) is 0.538. The Morgan fingerprint density at radius 1 is 1.29 bits per heavy atom. The van der Waals surface area contributed by atoms with Gasteiger partial charge in [0.1, 0.15) is 12.4 Å². The lowest BCUT2D eigenvalue weighted by Gasteiger charge is -2.09. The Bertz CT molecular complexity index is 509. The number of sulfonamides is 1. The van der Waals surface area contributed by atoms with Crippen molar-refractivity contribution in [3.8, 4) is 5.75 Å². The van der Waals surface area contributed by atoms with Gasteiger partial charge in [-0.1, -0.05) is 12.1 Å². The molecule has 0 aromatic heterocycles. The van der Waals surface area contributed by atoms with Crippen molar-refractivity contribution in [1.29, 1.82) is 0 Å². The van der Waals surface area contributed by atoms with Crippen LogP contribution in [0, 0.1) is 0 Å². The van der Waals surface area contributed by atoms with Crippen LogP contribution < -0.4 is 15.2 Å². The van der Waals surface area contributed by atoms with Crippen LogP contribution in [0.1, 0.15) is 6.42 Å². The van der Waals surface area contributed by atoms with E-state index in [2.05, 4.69) is 4.72 Å². The van der Waals surface area contributed by atoms with Crippen LogP contribution in [0.4, 0.5) is 5.69 Å². The van der Waals surface area contributed by atoms with Crippen LogP contribution in [0.25, 0.3) is 0 Å². The third-order valence-electron chi connectivity index (χ3n) is 2.54. The molecule has 1 aromatic carbocycles. The van der Waals surface area contributed by atoms with E-state index in [1.165, 1.54) is 0 Å². The quantitative estimate of drug-likeness (QED) is 0.406. The fourth-order valence-corrected chi connectivity index (χ4v) is 3.26. The predicted octanol–water partition coefficient (Wildman–Crippen LogP) is 0.683. The summed E-state index contributed by atoms with van der Waals surface area (Å²) in [6, 6.07) is 6.97. The van der Waals surface area contributed by atoms with Gasteiger partial charge in [-0.05, 0) is 24.3 Å². The van der Waals surface area contributed by atoms with Crippen molar-refractivity contribution in [2.45, 2.75) is 6.42 Å². The highest BCUT2D eigenvalue weighted by molar-refractivity contribution is 7.99. The SMILES string of the molecule is Nc1ccccc1OCCS(=O)(=O)NCCSCCCO.